The monoisotopic (exact) mass is 315 g/mol. The molecule has 0 bridgehead atoms. The minimum absolute atomic E-state index is 0.0333. The molecule has 0 aromatic heterocycles. The van der Waals surface area contributed by atoms with E-state index in [4.69, 9.17) is 0 Å². The topological polar surface area (TPSA) is 66.7 Å². The number of rotatable bonds is 4. The summed E-state index contributed by atoms with van der Waals surface area (Å²) >= 11 is 2.80. The van der Waals surface area contributed by atoms with Crippen LogP contribution in [0.2, 0.25) is 0 Å². The molecule has 0 aliphatic heterocycles. The molecule has 7 heteroatoms. The maximum absolute atomic E-state index is 12.1. The van der Waals surface area contributed by atoms with Crippen LogP contribution in [0.5, 0.6) is 0 Å². The van der Waals surface area contributed by atoms with Gasteiger partial charge in [-0.25, -0.2) is 0 Å². The van der Waals surface area contributed by atoms with Gasteiger partial charge >= 0.3 is 112 Å². The first-order chi connectivity index (χ1) is 8.34. The molecule has 0 saturated heterocycles. The molecule has 96 valence electrons. The Morgan fingerprint density at radius 2 is 1.72 bits per heavy atom. The Labute approximate surface area is 113 Å². The molecule has 0 radical (unpaired) electrons. The number of nitro benzene ring substituents is 1. The van der Waals surface area contributed by atoms with Crippen LogP contribution in [0.1, 0.15) is 10.4 Å². The van der Waals surface area contributed by atoms with Crippen molar-refractivity contribution >= 4 is 31.8 Å². The van der Waals surface area contributed by atoms with E-state index < -0.39 is 4.92 Å². The van der Waals surface area contributed by atoms with Gasteiger partial charge in [0.2, 0.25) is 0 Å². The zero-order valence-electron chi connectivity index (χ0n) is 10.3. The molecule has 6 nitrogen and oxygen atoms in total. The number of nitrogens with zero attached hydrogens (tertiary/aromatic N) is 3. The molecule has 0 heterocycles. The second-order valence-corrected chi connectivity index (χ2v) is 4.61. The van der Waals surface area contributed by atoms with Crippen LogP contribution in [0.15, 0.2) is 24.3 Å². The Kier molecular flexibility index (Phi) is 4.58. The quantitative estimate of drug-likeness (QED) is 0.461. The van der Waals surface area contributed by atoms with Gasteiger partial charge in [-0.3, -0.25) is 0 Å². The summed E-state index contributed by atoms with van der Waals surface area (Å²) in [6.45, 7) is 0. The molecular formula is C11H13N3O3Se. The van der Waals surface area contributed by atoms with Gasteiger partial charge in [0.05, 0.1) is 0 Å². The van der Waals surface area contributed by atoms with Crippen LogP contribution < -0.4 is 0 Å². The van der Waals surface area contributed by atoms with E-state index >= 15 is 0 Å². The van der Waals surface area contributed by atoms with Gasteiger partial charge in [-0.1, -0.05) is 0 Å². The van der Waals surface area contributed by atoms with Crippen LogP contribution in [0.4, 0.5) is 5.69 Å². The Bertz CT molecular complexity index is 485. The Hall–Kier alpha value is -1.72. The molecule has 1 amide bonds. The van der Waals surface area contributed by atoms with Crippen molar-refractivity contribution in [2.24, 2.45) is 0 Å². The molecule has 1 aromatic carbocycles. The predicted molar refractivity (Wildman–Crippen MR) is 69.6 cm³/mol. The average molecular weight is 314 g/mol. The minimum atomic E-state index is -0.497. The summed E-state index contributed by atoms with van der Waals surface area (Å²) in [6.07, 6.45) is 0. The standard InChI is InChI=1S/C11H13N3O3Se/c1-12(2)11(18)13(3)10(15)8-4-6-9(7-5-8)14(16)17/h4-7H,1-3H3. The Morgan fingerprint density at radius 1 is 1.22 bits per heavy atom. The number of amides is 1. The van der Waals surface area contributed by atoms with Gasteiger partial charge in [0, 0.05) is 0 Å². The number of nitro groups is 1. The predicted octanol–water partition coefficient (Wildman–Crippen LogP) is 0.484. The molecule has 18 heavy (non-hydrogen) atoms. The van der Waals surface area contributed by atoms with E-state index in [1.165, 1.54) is 29.2 Å². The molecule has 0 aliphatic carbocycles. The number of hydrogen-bond acceptors (Lipinski definition) is 4. The molecule has 1 rings (SSSR count). The van der Waals surface area contributed by atoms with Crippen LogP contribution in [-0.2, 0) is 0 Å². The van der Waals surface area contributed by atoms with Gasteiger partial charge < -0.3 is 0 Å². The van der Waals surface area contributed by atoms with Gasteiger partial charge in [-0.05, 0) is 0 Å². The first-order valence-electron chi connectivity index (χ1n) is 5.08. The van der Waals surface area contributed by atoms with Crippen molar-refractivity contribution in [3.8, 4) is 0 Å². The molecule has 0 fully saturated rings. The van der Waals surface area contributed by atoms with E-state index in [1.807, 2.05) is 14.1 Å². The number of carbonyl (C=O) groups is 1. The van der Waals surface area contributed by atoms with E-state index in [2.05, 4.69) is 15.6 Å². The van der Waals surface area contributed by atoms with Crippen LogP contribution in [0, 0.1) is 10.1 Å². The van der Waals surface area contributed by atoms with Gasteiger partial charge in [0.15, 0.2) is 0 Å². The Balaban J connectivity index is 2.91. The summed E-state index contributed by atoms with van der Waals surface area (Å²) in [5.41, 5.74) is 0.367. The van der Waals surface area contributed by atoms with Crippen LogP contribution >= 0.6 is 0 Å². The van der Waals surface area contributed by atoms with Crippen LogP contribution in [0.25, 0.3) is 0 Å². The molecule has 0 unspecified atom stereocenters. The molecule has 1 aromatic rings. The van der Waals surface area contributed by atoms with Crippen molar-refractivity contribution < 1.29 is 9.72 Å². The van der Waals surface area contributed by atoms with Gasteiger partial charge in [-0.15, -0.1) is 0 Å². The fourth-order valence-electron chi connectivity index (χ4n) is 1.31. The number of non-ortho nitro benzene ring substituents is 1. The van der Waals surface area contributed by atoms with E-state index in [0.29, 0.717) is 10.2 Å². The van der Waals surface area contributed by atoms with Crippen molar-refractivity contribution in [2.75, 3.05) is 21.1 Å². The Morgan fingerprint density at radius 3 is 2.11 bits per heavy atom. The zero-order valence-corrected chi connectivity index (χ0v) is 12.0. The fourth-order valence-corrected chi connectivity index (χ4v) is 1.48. The number of hydrogen-bond donors (Lipinski definition) is 0. The molecule has 0 saturated carbocycles. The third-order valence-electron chi connectivity index (χ3n) is 2.30. The number of carbonyl (C=O) groups excluding carboxylic acids is 1. The summed E-state index contributed by atoms with van der Waals surface area (Å²) in [7, 11) is 5.26. The summed E-state index contributed by atoms with van der Waals surface area (Å²) < 4.78 is 0.665. The fraction of sp³-hybridized carbons (Fsp3) is 0.273. The molecule has 0 N–H and O–H groups in total. The maximum atomic E-state index is 12.1. The van der Waals surface area contributed by atoms with E-state index in [9.17, 15) is 14.9 Å². The molecule has 0 aliphatic rings. The molecule has 0 atom stereocenters. The van der Waals surface area contributed by atoms with Crippen LogP contribution in [-0.4, -0.2) is 62.0 Å². The zero-order chi connectivity index (χ0) is 13.9. The van der Waals surface area contributed by atoms with E-state index in [-0.39, 0.29) is 11.6 Å². The second-order valence-electron chi connectivity index (χ2n) is 3.85. The van der Waals surface area contributed by atoms with Gasteiger partial charge in [0.25, 0.3) is 0 Å². The SMILES string of the molecule is CN(C)C(=[Se])N(C)C(=O)c1ccc([N+](=O)[O-])cc1. The van der Waals surface area contributed by atoms with Crippen molar-refractivity contribution in [1.29, 1.82) is 0 Å². The summed E-state index contributed by atoms with van der Waals surface area (Å²) in [4.78, 5) is 25.3. The van der Waals surface area contributed by atoms with Crippen molar-refractivity contribution in [2.45, 2.75) is 0 Å². The molecule has 0 spiro atoms. The van der Waals surface area contributed by atoms with Gasteiger partial charge in [-0.2, -0.15) is 0 Å². The van der Waals surface area contributed by atoms with Crippen molar-refractivity contribution in [3.63, 3.8) is 0 Å². The third-order valence-corrected chi connectivity index (χ3v) is 3.64. The summed E-state index contributed by atoms with van der Waals surface area (Å²) in [5, 5.41) is 10.5. The van der Waals surface area contributed by atoms with Crippen molar-refractivity contribution in [1.82, 2.24) is 9.80 Å². The van der Waals surface area contributed by atoms with Gasteiger partial charge in [0.1, 0.15) is 0 Å². The van der Waals surface area contributed by atoms with Crippen LogP contribution in [0.3, 0.4) is 0 Å². The normalized spacial score (nSPS) is 9.72. The molecular weight excluding hydrogens is 301 g/mol. The third kappa shape index (κ3) is 3.15. The first kappa shape index (κ1) is 14.3. The summed E-state index contributed by atoms with van der Waals surface area (Å²) in [6, 6.07) is 5.52. The average Bonchev–Trinajstić information content (AvgIpc) is 2.36. The van der Waals surface area contributed by atoms with E-state index in [0.717, 1.165) is 0 Å². The first-order valence-corrected chi connectivity index (χ1v) is 5.94. The van der Waals surface area contributed by atoms with Crippen molar-refractivity contribution in [3.05, 3.63) is 39.9 Å². The van der Waals surface area contributed by atoms with E-state index in [1.54, 1.807) is 11.9 Å². The second kappa shape index (κ2) is 5.75. The number of benzene rings is 1. The summed E-state index contributed by atoms with van der Waals surface area (Å²) in [5.74, 6) is -0.229.